The molecular weight excluding hydrogens is 468 g/mol. The molecule has 33 heavy (non-hydrogen) atoms. The molecule has 0 amide bonds. The normalized spacial score (nSPS) is 14.8. The van der Waals surface area contributed by atoms with E-state index in [2.05, 4.69) is 108 Å². The minimum absolute atomic E-state index is 0.912. The number of anilines is 1. The highest BCUT2D eigenvalue weighted by Gasteiger charge is 2.20. The van der Waals surface area contributed by atoms with Gasteiger partial charge in [-0.25, -0.2) is 0 Å². The summed E-state index contributed by atoms with van der Waals surface area (Å²) >= 11 is 3.53. The highest BCUT2D eigenvalue weighted by Crippen LogP contribution is 2.31. The highest BCUT2D eigenvalue weighted by atomic mass is 79.9. The Bertz CT molecular complexity index is 1170. The van der Waals surface area contributed by atoms with Gasteiger partial charge in [0, 0.05) is 22.1 Å². The van der Waals surface area contributed by atoms with Crippen LogP contribution in [0.3, 0.4) is 0 Å². The van der Waals surface area contributed by atoms with Gasteiger partial charge in [0.05, 0.1) is 0 Å². The molecule has 2 fully saturated rings. The Balaban J connectivity index is 0.000000134. The van der Waals surface area contributed by atoms with Crippen molar-refractivity contribution >= 4 is 43.2 Å². The maximum absolute atomic E-state index is 5.23. The van der Waals surface area contributed by atoms with Gasteiger partial charge in [-0.2, -0.15) is 0 Å². The van der Waals surface area contributed by atoms with E-state index in [1.807, 2.05) is 0 Å². The third kappa shape index (κ3) is 6.59. The minimum Gasteiger partial charge on any atom is -0.384 e. The van der Waals surface area contributed by atoms with Crippen LogP contribution >= 0.6 is 15.9 Å². The van der Waals surface area contributed by atoms with Gasteiger partial charge in [-0.05, 0) is 97.3 Å². The fourth-order valence-corrected chi connectivity index (χ4v) is 4.42. The fraction of sp³-hybridized carbons (Fsp3) is 0.333. The first kappa shape index (κ1) is 23.8. The third-order valence-corrected chi connectivity index (χ3v) is 7.23. The molecule has 0 saturated heterocycles. The molecule has 0 aliphatic heterocycles. The summed E-state index contributed by atoms with van der Waals surface area (Å²) in [6.45, 7) is 6.36. The number of benzene rings is 4. The molecule has 2 saturated carbocycles. The highest BCUT2D eigenvalue weighted by molar-refractivity contribution is 9.10. The Morgan fingerprint density at radius 1 is 0.697 bits per heavy atom. The third-order valence-electron chi connectivity index (χ3n) is 6.54. The molecule has 2 aliphatic rings. The van der Waals surface area contributed by atoms with Crippen molar-refractivity contribution in [3.05, 3.63) is 88.4 Å². The topological polar surface area (TPSA) is 38.0 Å². The van der Waals surface area contributed by atoms with E-state index in [4.69, 9.17) is 5.73 Å². The number of fused-ring (bicyclic) bond motifs is 2. The van der Waals surface area contributed by atoms with E-state index >= 15 is 0 Å². The van der Waals surface area contributed by atoms with Crippen molar-refractivity contribution in [1.82, 2.24) is 0 Å². The van der Waals surface area contributed by atoms with Crippen LogP contribution in [0.1, 0.15) is 36.8 Å². The number of nitrogens with one attached hydrogen (secondary N) is 1. The second-order valence-electron chi connectivity index (χ2n) is 9.39. The summed E-state index contributed by atoms with van der Waals surface area (Å²) in [6, 6.07) is 25.7. The first-order chi connectivity index (χ1) is 16.1. The summed E-state index contributed by atoms with van der Waals surface area (Å²) in [6.07, 6.45) is 5.57. The van der Waals surface area contributed by atoms with E-state index < -0.39 is 0 Å². The van der Waals surface area contributed by atoms with Crippen LogP contribution in [0, 0.1) is 25.7 Å². The molecule has 0 atom stereocenters. The van der Waals surface area contributed by atoms with E-state index in [0.29, 0.717) is 0 Å². The largest absolute Gasteiger partial charge is 0.384 e. The lowest BCUT2D eigenvalue weighted by atomic mass is 10.0. The summed E-state index contributed by atoms with van der Waals surface area (Å²) < 4.78 is 1.17. The smallest absolute Gasteiger partial charge is 0.0420 e. The molecule has 2 nitrogen and oxygen atoms in total. The lowest BCUT2D eigenvalue weighted by Gasteiger charge is -2.10. The Labute approximate surface area is 206 Å². The van der Waals surface area contributed by atoms with E-state index in [-0.39, 0.29) is 0 Å². The molecule has 2 aliphatic carbocycles. The second-order valence-corrected chi connectivity index (χ2v) is 10.2. The van der Waals surface area contributed by atoms with Crippen molar-refractivity contribution in [3.8, 4) is 0 Å². The van der Waals surface area contributed by atoms with Gasteiger partial charge in [0.2, 0.25) is 0 Å². The Morgan fingerprint density at radius 3 is 1.73 bits per heavy atom. The van der Waals surface area contributed by atoms with Crippen molar-refractivity contribution in [2.24, 2.45) is 17.6 Å². The van der Waals surface area contributed by atoms with Crippen molar-refractivity contribution < 1.29 is 0 Å². The van der Waals surface area contributed by atoms with Crippen molar-refractivity contribution in [2.45, 2.75) is 39.5 Å². The Morgan fingerprint density at radius 2 is 1.21 bits per heavy atom. The van der Waals surface area contributed by atoms with Gasteiger partial charge in [0.25, 0.3) is 0 Å². The monoisotopic (exact) mass is 502 g/mol. The molecule has 172 valence electrons. The predicted octanol–water partition coefficient (Wildman–Crippen LogP) is 8.24. The van der Waals surface area contributed by atoms with Crippen LogP contribution in [0.4, 0.5) is 5.69 Å². The predicted molar refractivity (Wildman–Crippen MR) is 148 cm³/mol. The van der Waals surface area contributed by atoms with Gasteiger partial charge in [0.15, 0.2) is 0 Å². The zero-order chi connectivity index (χ0) is 23.2. The SMILES string of the molecule is Cc1ccc(Br)c2ccccc12.Cc1ccc(NCC2CC2)c2ccccc12.NCC1CC1. The van der Waals surface area contributed by atoms with E-state index in [9.17, 15) is 0 Å². The van der Waals surface area contributed by atoms with Crippen LogP contribution in [0.15, 0.2) is 77.3 Å². The quantitative estimate of drug-likeness (QED) is 0.294. The van der Waals surface area contributed by atoms with Gasteiger partial charge in [0.1, 0.15) is 0 Å². The zero-order valence-electron chi connectivity index (χ0n) is 19.8. The number of hydrogen-bond donors (Lipinski definition) is 2. The van der Waals surface area contributed by atoms with Gasteiger partial charge in [-0.3, -0.25) is 0 Å². The average Bonchev–Trinajstić information content (AvgIpc) is 3.77. The lowest BCUT2D eigenvalue weighted by molar-refractivity contribution is 0.847. The number of aryl methyl sites for hydroxylation is 2. The zero-order valence-corrected chi connectivity index (χ0v) is 21.4. The van der Waals surface area contributed by atoms with Crippen LogP contribution in [-0.4, -0.2) is 13.1 Å². The fourth-order valence-electron chi connectivity index (χ4n) is 3.95. The Kier molecular flexibility index (Phi) is 8.06. The van der Waals surface area contributed by atoms with Gasteiger partial charge >= 0.3 is 0 Å². The Hall–Kier alpha value is -2.36. The first-order valence-electron chi connectivity index (χ1n) is 12.1. The molecule has 0 bridgehead atoms. The number of halogens is 1. The molecule has 3 N–H and O–H groups in total. The molecule has 0 spiro atoms. The summed E-state index contributed by atoms with van der Waals surface area (Å²) in [7, 11) is 0. The van der Waals surface area contributed by atoms with Crippen LogP contribution < -0.4 is 11.1 Å². The summed E-state index contributed by atoms with van der Waals surface area (Å²) in [5, 5.41) is 8.91. The average molecular weight is 504 g/mol. The van der Waals surface area contributed by atoms with Gasteiger partial charge in [-0.1, -0.05) is 76.6 Å². The number of nitrogens with two attached hydrogens (primary N) is 1. The molecule has 0 heterocycles. The van der Waals surface area contributed by atoms with E-state index in [0.717, 1.165) is 24.9 Å². The van der Waals surface area contributed by atoms with Crippen LogP contribution in [-0.2, 0) is 0 Å². The lowest BCUT2D eigenvalue weighted by Crippen LogP contribution is -2.03. The molecule has 4 aromatic rings. The van der Waals surface area contributed by atoms with Gasteiger partial charge in [-0.15, -0.1) is 0 Å². The summed E-state index contributed by atoms with van der Waals surface area (Å²) in [5.41, 5.74) is 9.20. The molecule has 0 unspecified atom stereocenters. The minimum atomic E-state index is 0.912. The number of hydrogen-bond acceptors (Lipinski definition) is 2. The van der Waals surface area contributed by atoms with Crippen molar-refractivity contribution in [2.75, 3.05) is 18.4 Å². The van der Waals surface area contributed by atoms with Crippen molar-refractivity contribution in [1.29, 1.82) is 0 Å². The molecule has 6 rings (SSSR count). The molecule has 4 aromatic carbocycles. The van der Waals surface area contributed by atoms with Crippen LogP contribution in [0.5, 0.6) is 0 Å². The summed E-state index contributed by atoms with van der Waals surface area (Å²) in [4.78, 5) is 0. The maximum atomic E-state index is 5.23. The first-order valence-corrected chi connectivity index (χ1v) is 12.9. The maximum Gasteiger partial charge on any atom is 0.0420 e. The molecule has 3 heteroatoms. The van der Waals surface area contributed by atoms with Gasteiger partial charge < -0.3 is 11.1 Å². The summed E-state index contributed by atoms with van der Waals surface area (Å²) in [5.74, 6) is 1.83. The van der Waals surface area contributed by atoms with E-state index in [1.165, 1.54) is 68.5 Å². The van der Waals surface area contributed by atoms with Crippen LogP contribution in [0.2, 0.25) is 0 Å². The standard InChI is InChI=1S/C15H17N.C11H9Br.C4H9N/c1-11-6-9-15(16-10-12-7-8-12)14-5-3-2-4-13(11)14;1-8-6-7-11(12)10-5-3-2-4-9(8)10;5-3-4-1-2-4/h2-6,9,12,16H,7-8,10H2,1H3;2-7H,1H3;4H,1-3,5H2. The molecule has 0 radical (unpaired) electrons. The van der Waals surface area contributed by atoms with E-state index in [1.54, 1.807) is 0 Å². The molecular formula is C30H35BrN2. The molecule has 0 aromatic heterocycles. The van der Waals surface area contributed by atoms with Crippen molar-refractivity contribution in [3.63, 3.8) is 0 Å². The number of rotatable bonds is 4. The van der Waals surface area contributed by atoms with Crippen LogP contribution in [0.25, 0.3) is 21.5 Å². The second kappa shape index (κ2) is 11.2.